The number of carbonyl (C=O) groups excluding carboxylic acids is 2. The second-order valence-corrected chi connectivity index (χ2v) is 6.53. The molecule has 1 unspecified atom stereocenters. The highest BCUT2D eigenvalue weighted by atomic mass is 16.2. The van der Waals surface area contributed by atoms with Crippen molar-refractivity contribution < 1.29 is 9.59 Å². The predicted molar refractivity (Wildman–Crippen MR) is 85.2 cm³/mol. The van der Waals surface area contributed by atoms with Gasteiger partial charge in [-0.05, 0) is 25.3 Å². The van der Waals surface area contributed by atoms with Gasteiger partial charge in [0.25, 0.3) is 0 Å². The molecule has 22 heavy (non-hydrogen) atoms. The molecule has 2 aliphatic rings. The average molecular weight is 300 g/mol. The van der Waals surface area contributed by atoms with Crippen LogP contribution in [-0.2, 0) is 4.79 Å². The summed E-state index contributed by atoms with van der Waals surface area (Å²) < 4.78 is 0. The largest absolute Gasteiger partial charge is 0.327 e. The van der Waals surface area contributed by atoms with Crippen molar-refractivity contribution in [3.8, 4) is 0 Å². The Hall–Kier alpha value is -1.84. The van der Waals surface area contributed by atoms with Crippen molar-refractivity contribution in [1.82, 2.24) is 9.80 Å². The van der Waals surface area contributed by atoms with Gasteiger partial charge in [0.15, 0.2) is 0 Å². The van der Waals surface area contributed by atoms with Crippen LogP contribution in [0.5, 0.6) is 0 Å². The van der Waals surface area contributed by atoms with E-state index in [1.807, 2.05) is 37.3 Å². The van der Waals surface area contributed by atoms with Crippen LogP contribution < -0.4 is 0 Å². The van der Waals surface area contributed by atoms with Crippen LogP contribution in [0.1, 0.15) is 50.6 Å². The van der Waals surface area contributed by atoms with Gasteiger partial charge in [-0.3, -0.25) is 9.69 Å². The first-order valence-electron chi connectivity index (χ1n) is 8.26. The molecule has 2 fully saturated rings. The second kappa shape index (κ2) is 6.11. The number of hydrogen-bond donors (Lipinski definition) is 0. The molecule has 1 aromatic rings. The smallest absolute Gasteiger partial charge is 0.322 e. The Morgan fingerprint density at radius 1 is 1.09 bits per heavy atom. The molecule has 0 aromatic heterocycles. The van der Waals surface area contributed by atoms with E-state index in [-0.39, 0.29) is 29.9 Å². The number of nitrogens with zero attached hydrogens (tertiary/aromatic N) is 2. The number of imide groups is 1. The van der Waals surface area contributed by atoms with Crippen molar-refractivity contribution >= 4 is 11.9 Å². The van der Waals surface area contributed by atoms with Crippen molar-refractivity contribution in [2.24, 2.45) is 5.92 Å². The number of likely N-dealkylation sites (N-methyl/N-ethyl adjacent to an activating group) is 1. The molecule has 1 saturated heterocycles. The number of urea groups is 1. The molecule has 1 aliphatic carbocycles. The molecule has 2 atom stereocenters. The Kier molecular flexibility index (Phi) is 4.19. The van der Waals surface area contributed by atoms with Gasteiger partial charge in [0.05, 0.1) is 12.1 Å². The maximum atomic E-state index is 13.0. The minimum Gasteiger partial charge on any atom is -0.322 e. The van der Waals surface area contributed by atoms with E-state index < -0.39 is 0 Å². The van der Waals surface area contributed by atoms with Crippen LogP contribution in [0.4, 0.5) is 4.79 Å². The van der Waals surface area contributed by atoms with E-state index in [2.05, 4.69) is 0 Å². The van der Waals surface area contributed by atoms with Crippen LogP contribution in [0.15, 0.2) is 30.3 Å². The lowest BCUT2D eigenvalue weighted by Crippen LogP contribution is -2.40. The molecule has 0 radical (unpaired) electrons. The first kappa shape index (κ1) is 15.1. The second-order valence-electron chi connectivity index (χ2n) is 6.53. The number of rotatable bonds is 2. The summed E-state index contributed by atoms with van der Waals surface area (Å²) in [5, 5.41) is 0. The van der Waals surface area contributed by atoms with Crippen molar-refractivity contribution in [2.45, 2.75) is 51.1 Å². The normalized spacial score (nSPS) is 26.5. The Morgan fingerprint density at radius 3 is 2.36 bits per heavy atom. The maximum Gasteiger partial charge on any atom is 0.327 e. The zero-order chi connectivity index (χ0) is 15.7. The van der Waals surface area contributed by atoms with Gasteiger partial charge in [0, 0.05) is 13.0 Å². The van der Waals surface area contributed by atoms with E-state index in [9.17, 15) is 9.59 Å². The molecule has 1 saturated carbocycles. The number of carbonyl (C=O) groups is 2. The van der Waals surface area contributed by atoms with Gasteiger partial charge in [-0.2, -0.15) is 0 Å². The van der Waals surface area contributed by atoms with Gasteiger partial charge in [-0.25, -0.2) is 4.79 Å². The third-order valence-electron chi connectivity index (χ3n) is 5.19. The Labute approximate surface area is 132 Å². The van der Waals surface area contributed by atoms with E-state index >= 15 is 0 Å². The highest BCUT2D eigenvalue weighted by Crippen LogP contribution is 2.37. The molecule has 4 heteroatoms. The first-order valence-corrected chi connectivity index (χ1v) is 8.26. The Bertz CT molecular complexity index is 551. The molecule has 118 valence electrons. The summed E-state index contributed by atoms with van der Waals surface area (Å²) >= 11 is 0. The Morgan fingerprint density at radius 2 is 1.73 bits per heavy atom. The van der Waals surface area contributed by atoms with Crippen LogP contribution in [-0.4, -0.2) is 34.8 Å². The van der Waals surface area contributed by atoms with Crippen molar-refractivity contribution in [1.29, 1.82) is 0 Å². The third-order valence-corrected chi connectivity index (χ3v) is 5.19. The highest BCUT2D eigenvalue weighted by molar-refractivity contribution is 5.98. The molecule has 3 rings (SSSR count). The molecule has 1 aromatic carbocycles. The van der Waals surface area contributed by atoms with Crippen LogP contribution in [0.3, 0.4) is 0 Å². The third kappa shape index (κ3) is 2.51. The summed E-state index contributed by atoms with van der Waals surface area (Å²) in [6.45, 7) is 2.02. The van der Waals surface area contributed by atoms with Gasteiger partial charge < -0.3 is 4.90 Å². The SMILES string of the molecule is C[C@H]1C(c2ccccc2)N(C(=O)C2CCCCC2)C(=O)N1C. The van der Waals surface area contributed by atoms with Crippen molar-refractivity contribution in [2.75, 3.05) is 7.05 Å². The van der Waals surface area contributed by atoms with E-state index in [1.54, 1.807) is 11.9 Å². The van der Waals surface area contributed by atoms with Gasteiger partial charge in [0.1, 0.15) is 0 Å². The summed E-state index contributed by atoms with van der Waals surface area (Å²) in [5.74, 6) is 0.0392. The van der Waals surface area contributed by atoms with E-state index in [4.69, 9.17) is 0 Å². The highest BCUT2D eigenvalue weighted by Gasteiger charge is 2.47. The molecule has 1 aliphatic heterocycles. The quantitative estimate of drug-likeness (QED) is 0.837. The van der Waals surface area contributed by atoms with Gasteiger partial charge in [0.2, 0.25) is 5.91 Å². The fourth-order valence-electron chi connectivity index (χ4n) is 3.75. The summed E-state index contributed by atoms with van der Waals surface area (Å²) in [6, 6.07) is 9.58. The lowest BCUT2D eigenvalue weighted by atomic mass is 9.87. The zero-order valence-electron chi connectivity index (χ0n) is 13.4. The minimum atomic E-state index is -0.173. The summed E-state index contributed by atoms with van der Waals surface area (Å²) in [7, 11) is 1.79. The molecule has 0 spiro atoms. The molecular formula is C18H24N2O2. The number of hydrogen-bond acceptors (Lipinski definition) is 2. The molecule has 1 heterocycles. The lowest BCUT2D eigenvalue weighted by molar-refractivity contribution is -0.134. The first-order chi connectivity index (χ1) is 10.6. The standard InChI is InChI=1S/C18H24N2O2/c1-13-16(14-9-5-3-6-10-14)20(18(22)19(13)2)17(21)15-11-7-4-8-12-15/h3,5-6,9-10,13,15-16H,4,7-8,11-12H2,1-2H3/t13-,16?/m0/s1. The number of benzene rings is 1. The summed E-state index contributed by atoms with van der Waals surface area (Å²) in [6.07, 6.45) is 5.24. The van der Waals surface area contributed by atoms with Gasteiger partial charge in [-0.1, -0.05) is 49.6 Å². The van der Waals surface area contributed by atoms with Crippen molar-refractivity contribution in [3.05, 3.63) is 35.9 Å². The predicted octanol–water partition coefficient (Wildman–Crippen LogP) is 3.59. The molecular weight excluding hydrogens is 276 g/mol. The van der Waals surface area contributed by atoms with E-state index in [1.165, 1.54) is 11.3 Å². The van der Waals surface area contributed by atoms with Crippen molar-refractivity contribution in [3.63, 3.8) is 0 Å². The average Bonchev–Trinajstić information content (AvgIpc) is 2.80. The fourth-order valence-corrected chi connectivity index (χ4v) is 3.75. The summed E-state index contributed by atoms with van der Waals surface area (Å²) in [4.78, 5) is 28.8. The van der Waals surface area contributed by atoms with Crippen LogP contribution in [0, 0.1) is 5.92 Å². The molecule has 0 N–H and O–H groups in total. The monoisotopic (exact) mass is 300 g/mol. The lowest BCUT2D eigenvalue weighted by Gasteiger charge is -2.29. The maximum absolute atomic E-state index is 13.0. The van der Waals surface area contributed by atoms with E-state index in [0.717, 1.165) is 31.2 Å². The van der Waals surface area contributed by atoms with Gasteiger partial charge in [-0.15, -0.1) is 0 Å². The topological polar surface area (TPSA) is 40.6 Å². The minimum absolute atomic E-state index is 0.00226. The molecule has 0 bridgehead atoms. The Balaban J connectivity index is 1.91. The van der Waals surface area contributed by atoms with Gasteiger partial charge >= 0.3 is 6.03 Å². The molecule has 4 nitrogen and oxygen atoms in total. The van der Waals surface area contributed by atoms with Crippen LogP contribution >= 0.6 is 0 Å². The zero-order valence-corrected chi connectivity index (χ0v) is 13.4. The summed E-state index contributed by atoms with van der Waals surface area (Å²) in [5.41, 5.74) is 1.04. The fraction of sp³-hybridized carbons (Fsp3) is 0.556. The molecule has 3 amide bonds. The number of amides is 3. The van der Waals surface area contributed by atoms with Crippen LogP contribution in [0.2, 0.25) is 0 Å². The van der Waals surface area contributed by atoms with Crippen LogP contribution in [0.25, 0.3) is 0 Å². The van der Waals surface area contributed by atoms with E-state index in [0.29, 0.717) is 0 Å².